The summed E-state index contributed by atoms with van der Waals surface area (Å²) in [4.78, 5) is 0. The Labute approximate surface area is 467 Å². The highest BCUT2D eigenvalue weighted by molar-refractivity contribution is 6.07. The average Bonchev–Trinajstić information content (AvgIpc) is 4.39. The van der Waals surface area contributed by atoms with Crippen LogP contribution in [-0.4, -0.2) is 0 Å². The van der Waals surface area contributed by atoms with Crippen LogP contribution in [0.15, 0.2) is 298 Å². The maximum atomic E-state index is 3.46. The minimum Gasteiger partial charge on any atom is -0.0991 e. The van der Waals surface area contributed by atoms with Gasteiger partial charge in [0.25, 0.3) is 0 Å². The average molecular weight is 1010 g/mol. The molecule has 1 aliphatic carbocycles. The van der Waals surface area contributed by atoms with Crippen molar-refractivity contribution in [3.63, 3.8) is 0 Å². The molecular weight excluding hydrogens is 937 g/mol. The Morgan fingerprint density at radius 3 is 1.17 bits per heavy atom. The highest BCUT2D eigenvalue weighted by atomic mass is 14.3. The third kappa shape index (κ3) is 15.2. The molecule has 0 bridgehead atoms. The van der Waals surface area contributed by atoms with Crippen LogP contribution in [0.1, 0.15) is 86.8 Å². The quantitative estimate of drug-likeness (QED) is 0.126. The van der Waals surface area contributed by atoms with Crippen molar-refractivity contribution in [3.8, 4) is 44.5 Å². The minimum atomic E-state index is 0.362. The van der Waals surface area contributed by atoms with Crippen molar-refractivity contribution in [1.82, 2.24) is 0 Å². The Kier molecular flexibility index (Phi) is 21.5. The number of fused-ring (bicyclic) bond motifs is 2. The number of aryl methyl sites for hydroxylation is 2. The molecule has 11 aromatic carbocycles. The molecule has 0 N–H and O–H groups in total. The molecular formula is C78H76. The second-order valence-corrected chi connectivity index (χ2v) is 19.0. The lowest BCUT2D eigenvalue weighted by Crippen LogP contribution is -1.95. The fourth-order valence-electron chi connectivity index (χ4n) is 9.55. The lowest BCUT2D eigenvalue weighted by Gasteiger charge is -2.14. The molecule has 2 atom stereocenters. The Hall–Kier alpha value is -8.84. The van der Waals surface area contributed by atoms with Crippen LogP contribution in [0.2, 0.25) is 0 Å². The molecule has 0 nitrogen and oxygen atoms in total. The third-order valence-electron chi connectivity index (χ3n) is 13.8. The molecule has 2 unspecified atom stereocenters. The van der Waals surface area contributed by atoms with Gasteiger partial charge in [-0.1, -0.05) is 331 Å². The molecule has 0 aromatic heterocycles. The number of hydrogen-bond donors (Lipinski definition) is 0. The fraction of sp³-hybridized carbons (Fsp3) is 0.128. The first-order valence-electron chi connectivity index (χ1n) is 27.8. The minimum absolute atomic E-state index is 0.362. The van der Waals surface area contributed by atoms with Crippen LogP contribution < -0.4 is 0 Å². The Morgan fingerprint density at radius 2 is 0.744 bits per heavy atom. The van der Waals surface area contributed by atoms with Crippen LogP contribution in [0.3, 0.4) is 0 Å². The number of allylic oxidation sites excluding steroid dienone is 5. The molecule has 0 saturated heterocycles. The molecule has 0 radical (unpaired) electrons. The maximum Gasteiger partial charge on any atom is 0.0278 e. The van der Waals surface area contributed by atoms with Gasteiger partial charge in [0.05, 0.1) is 0 Å². The van der Waals surface area contributed by atoms with Crippen molar-refractivity contribution in [2.24, 2.45) is 0 Å². The van der Waals surface area contributed by atoms with Gasteiger partial charge in [0.1, 0.15) is 0 Å². The number of hydrogen-bond acceptors (Lipinski definition) is 0. The van der Waals surface area contributed by atoms with E-state index in [9.17, 15) is 0 Å². The van der Waals surface area contributed by atoms with Crippen LogP contribution in [0.25, 0.3) is 71.6 Å². The van der Waals surface area contributed by atoms with Gasteiger partial charge in [-0.2, -0.15) is 0 Å². The van der Waals surface area contributed by atoms with Crippen molar-refractivity contribution >= 4 is 27.1 Å². The van der Waals surface area contributed by atoms with E-state index in [4.69, 9.17) is 0 Å². The second kappa shape index (κ2) is 29.5. The fourth-order valence-corrected chi connectivity index (χ4v) is 9.55. The predicted octanol–water partition coefficient (Wildman–Crippen LogP) is 22.8. The summed E-state index contributed by atoms with van der Waals surface area (Å²) in [6.45, 7) is 19.9. The van der Waals surface area contributed by atoms with Gasteiger partial charge < -0.3 is 0 Å². The normalized spacial score (nSPS) is 12.3. The maximum absolute atomic E-state index is 3.46. The van der Waals surface area contributed by atoms with E-state index in [1.165, 1.54) is 105 Å². The SMILES string of the molecule is C=C/C=C\C.CC.CC.CC(c1ccccc1)c1ccc(-c2ccc3c(-c4cccc5cc(-c6ccc(C7=CC7c7ccc(-c8ccccc8)cc7)cc6)ccc45)cccc3c2)cc1.Cc1ccccc1.Cc1ccccc1. The van der Waals surface area contributed by atoms with E-state index in [-0.39, 0.29) is 0 Å². The summed E-state index contributed by atoms with van der Waals surface area (Å²) in [6, 6.07) is 96.3. The Balaban J connectivity index is 0.000000321. The third-order valence-corrected chi connectivity index (χ3v) is 13.8. The molecule has 1 aliphatic rings. The molecule has 0 heterocycles. The summed E-state index contributed by atoms with van der Waals surface area (Å²) >= 11 is 0. The molecule has 0 fully saturated rings. The van der Waals surface area contributed by atoms with E-state index in [1.54, 1.807) is 6.08 Å². The van der Waals surface area contributed by atoms with Gasteiger partial charge in [0, 0.05) is 11.8 Å². The molecule has 0 saturated carbocycles. The zero-order chi connectivity index (χ0) is 55.1. The van der Waals surface area contributed by atoms with Crippen molar-refractivity contribution in [3.05, 3.63) is 331 Å². The van der Waals surface area contributed by atoms with Gasteiger partial charge in [-0.05, 0) is 127 Å². The summed E-state index contributed by atoms with van der Waals surface area (Å²) < 4.78 is 0. The second-order valence-electron chi connectivity index (χ2n) is 19.0. The first-order valence-corrected chi connectivity index (χ1v) is 27.8. The van der Waals surface area contributed by atoms with Gasteiger partial charge in [-0.15, -0.1) is 0 Å². The Bertz CT molecular complexity index is 3570. The van der Waals surface area contributed by atoms with Crippen LogP contribution in [0, 0.1) is 13.8 Å². The lowest BCUT2D eigenvalue weighted by molar-refractivity contribution is 0.923. The van der Waals surface area contributed by atoms with Crippen LogP contribution in [0.5, 0.6) is 0 Å². The Morgan fingerprint density at radius 1 is 0.372 bits per heavy atom. The summed E-state index contributed by atoms with van der Waals surface area (Å²) in [6.07, 6.45) is 7.95. The standard InChI is InChI=1S/C55H40.2C7H8.C5H8.2C2H6/c1-37(38-10-4-2-5-11-38)39-18-20-42(21-19-39)46-30-32-50-48(34-46)14-8-16-52(50)53-17-9-15-49-35-47(31-33-51(49)53)43-24-28-45(29-25-43)55-36-54(55)44-26-22-41(23-27-44)40-12-6-3-7-13-40;2*1-7-5-3-2-4-6-7;1-3-5-4-2;2*1-2/h2-37,54H,1H3;2*2-6H,1H3;3-5H,1H2,2H3;2*1-2H3/b;;;5-4-;;. The smallest absolute Gasteiger partial charge is 0.0278 e. The first-order chi connectivity index (χ1) is 38.4. The van der Waals surface area contributed by atoms with Crippen molar-refractivity contribution in [1.29, 1.82) is 0 Å². The van der Waals surface area contributed by atoms with E-state index in [0.29, 0.717) is 11.8 Å². The molecule has 12 rings (SSSR count). The molecule has 11 aromatic rings. The van der Waals surface area contributed by atoms with Crippen LogP contribution >= 0.6 is 0 Å². The van der Waals surface area contributed by atoms with Crippen molar-refractivity contribution in [2.45, 2.75) is 67.2 Å². The summed E-state index contributed by atoms with van der Waals surface area (Å²) in [5.74, 6) is 0.761. The highest BCUT2D eigenvalue weighted by Gasteiger charge is 2.27. The molecule has 0 amide bonds. The van der Waals surface area contributed by atoms with Gasteiger partial charge in [0.15, 0.2) is 0 Å². The van der Waals surface area contributed by atoms with Gasteiger partial charge >= 0.3 is 0 Å². The number of rotatable bonds is 9. The summed E-state index contributed by atoms with van der Waals surface area (Å²) in [5.41, 5.74) is 19.4. The van der Waals surface area contributed by atoms with Gasteiger partial charge in [-0.25, -0.2) is 0 Å². The van der Waals surface area contributed by atoms with Crippen LogP contribution in [-0.2, 0) is 0 Å². The topological polar surface area (TPSA) is 0 Å². The van der Waals surface area contributed by atoms with E-state index < -0.39 is 0 Å². The molecule has 0 spiro atoms. The molecule has 78 heavy (non-hydrogen) atoms. The van der Waals surface area contributed by atoms with E-state index in [2.05, 4.69) is 264 Å². The largest absolute Gasteiger partial charge is 0.0991 e. The van der Waals surface area contributed by atoms with Crippen LogP contribution in [0.4, 0.5) is 0 Å². The zero-order valence-electron chi connectivity index (χ0n) is 47.1. The van der Waals surface area contributed by atoms with Crippen molar-refractivity contribution in [2.75, 3.05) is 0 Å². The first kappa shape index (κ1) is 56.9. The molecule has 0 aliphatic heterocycles. The molecule has 388 valence electrons. The van der Waals surface area contributed by atoms with E-state index in [0.717, 1.165) is 0 Å². The van der Waals surface area contributed by atoms with E-state index >= 15 is 0 Å². The molecule has 0 heteroatoms. The monoisotopic (exact) mass is 1010 g/mol. The predicted molar refractivity (Wildman–Crippen MR) is 344 cm³/mol. The zero-order valence-corrected chi connectivity index (χ0v) is 47.1. The van der Waals surface area contributed by atoms with Gasteiger partial charge in [-0.3, -0.25) is 0 Å². The van der Waals surface area contributed by atoms with Crippen molar-refractivity contribution < 1.29 is 0 Å². The summed E-state index contributed by atoms with van der Waals surface area (Å²) in [5, 5.41) is 5.04. The van der Waals surface area contributed by atoms with E-state index in [1.807, 2.05) is 83.2 Å². The number of benzene rings is 11. The lowest BCUT2D eigenvalue weighted by atomic mass is 9.90. The summed E-state index contributed by atoms with van der Waals surface area (Å²) in [7, 11) is 0. The van der Waals surface area contributed by atoms with Gasteiger partial charge in [0.2, 0.25) is 0 Å². The highest BCUT2D eigenvalue weighted by Crippen LogP contribution is 2.47.